The zero-order valence-electron chi connectivity index (χ0n) is 10.7. The van der Waals surface area contributed by atoms with E-state index >= 15 is 0 Å². The molecule has 2 aromatic rings. The van der Waals surface area contributed by atoms with Gasteiger partial charge in [0.25, 0.3) is 0 Å². The maximum absolute atomic E-state index is 13.0. The largest absolute Gasteiger partial charge is 0.310 e. The molecular formula is C14H13ClFN3O. The fraction of sp³-hybridized carbons (Fsp3) is 0.357. The molecule has 2 aromatic heterocycles. The molecule has 1 fully saturated rings. The van der Waals surface area contributed by atoms with Gasteiger partial charge >= 0.3 is 0 Å². The molecule has 0 aromatic carbocycles. The Morgan fingerprint density at radius 1 is 1.45 bits per heavy atom. The molecule has 6 heteroatoms. The van der Waals surface area contributed by atoms with Crippen LogP contribution in [0.25, 0.3) is 11.0 Å². The molecule has 2 heterocycles. The molecule has 4 nitrogen and oxygen atoms in total. The van der Waals surface area contributed by atoms with Crippen molar-refractivity contribution in [3.8, 4) is 0 Å². The Balaban J connectivity index is 1.84. The third-order valence-electron chi connectivity index (χ3n) is 3.80. The number of pyridine rings is 2. The van der Waals surface area contributed by atoms with E-state index in [0.717, 1.165) is 11.8 Å². The van der Waals surface area contributed by atoms with Crippen LogP contribution in [0.2, 0.25) is 5.02 Å². The van der Waals surface area contributed by atoms with Crippen LogP contribution in [0.4, 0.5) is 10.2 Å². The normalized spacial score (nSPS) is 16.7. The van der Waals surface area contributed by atoms with E-state index in [9.17, 15) is 9.18 Å². The number of carbonyl (C=O) groups excluding carboxylic acids is 1. The summed E-state index contributed by atoms with van der Waals surface area (Å²) in [6.07, 6.45) is 3.58. The molecule has 0 radical (unpaired) electrons. The summed E-state index contributed by atoms with van der Waals surface area (Å²) in [5.41, 5.74) is -0.362. The second kappa shape index (κ2) is 4.98. The van der Waals surface area contributed by atoms with Gasteiger partial charge in [-0.05, 0) is 31.0 Å². The van der Waals surface area contributed by atoms with Crippen molar-refractivity contribution in [1.29, 1.82) is 0 Å². The number of halogens is 2. The number of anilines is 1. The van der Waals surface area contributed by atoms with E-state index in [-0.39, 0.29) is 5.91 Å². The lowest BCUT2D eigenvalue weighted by molar-refractivity contribution is -0.131. The predicted molar refractivity (Wildman–Crippen MR) is 75.4 cm³/mol. The first-order valence-electron chi connectivity index (χ1n) is 6.43. The van der Waals surface area contributed by atoms with E-state index < -0.39 is 12.1 Å². The highest BCUT2D eigenvalue weighted by molar-refractivity contribution is 6.31. The van der Waals surface area contributed by atoms with Gasteiger partial charge in [-0.1, -0.05) is 18.0 Å². The van der Waals surface area contributed by atoms with E-state index in [2.05, 4.69) is 15.3 Å². The quantitative estimate of drug-likeness (QED) is 0.944. The van der Waals surface area contributed by atoms with Gasteiger partial charge in [0.1, 0.15) is 12.5 Å². The Labute approximate surface area is 120 Å². The van der Waals surface area contributed by atoms with Crippen LogP contribution in [0, 0.1) is 5.41 Å². The Bertz CT molecular complexity index is 667. The molecule has 0 bridgehead atoms. The van der Waals surface area contributed by atoms with Gasteiger partial charge in [-0.2, -0.15) is 0 Å². The van der Waals surface area contributed by atoms with E-state index in [1.807, 2.05) is 0 Å². The molecule has 20 heavy (non-hydrogen) atoms. The van der Waals surface area contributed by atoms with Crippen LogP contribution in [-0.4, -0.2) is 22.5 Å². The highest BCUT2D eigenvalue weighted by Crippen LogP contribution is 2.42. The number of rotatable bonds is 3. The molecule has 0 saturated heterocycles. The average molecular weight is 294 g/mol. The fourth-order valence-electron chi connectivity index (χ4n) is 2.33. The molecule has 3 rings (SSSR count). The van der Waals surface area contributed by atoms with Gasteiger partial charge in [0.05, 0.1) is 10.4 Å². The van der Waals surface area contributed by atoms with E-state index in [1.54, 1.807) is 18.2 Å². The second-order valence-electron chi connectivity index (χ2n) is 5.12. The highest BCUT2D eigenvalue weighted by Gasteiger charge is 2.44. The van der Waals surface area contributed by atoms with Crippen molar-refractivity contribution in [2.45, 2.75) is 19.3 Å². The van der Waals surface area contributed by atoms with Gasteiger partial charge in [0, 0.05) is 11.6 Å². The third-order valence-corrected chi connectivity index (χ3v) is 4.01. The second-order valence-corrected chi connectivity index (χ2v) is 5.55. The molecule has 1 N–H and O–H groups in total. The van der Waals surface area contributed by atoms with Gasteiger partial charge in [-0.15, -0.1) is 0 Å². The van der Waals surface area contributed by atoms with E-state index in [1.165, 1.54) is 6.20 Å². The first-order valence-corrected chi connectivity index (χ1v) is 6.80. The number of alkyl halides is 1. The zero-order valence-corrected chi connectivity index (χ0v) is 11.5. The minimum Gasteiger partial charge on any atom is -0.310 e. The molecule has 0 atom stereocenters. The lowest BCUT2D eigenvalue weighted by Crippen LogP contribution is -2.43. The van der Waals surface area contributed by atoms with Crippen LogP contribution in [0.15, 0.2) is 24.4 Å². The average Bonchev–Trinajstić information content (AvgIpc) is 2.38. The molecule has 1 saturated carbocycles. The Morgan fingerprint density at radius 3 is 2.90 bits per heavy atom. The molecule has 1 aliphatic carbocycles. The van der Waals surface area contributed by atoms with Gasteiger partial charge in [0.2, 0.25) is 5.91 Å². The van der Waals surface area contributed by atoms with Crippen molar-refractivity contribution in [1.82, 2.24) is 9.97 Å². The summed E-state index contributed by atoms with van der Waals surface area (Å²) in [7, 11) is 0. The molecule has 1 amide bonds. The summed E-state index contributed by atoms with van der Waals surface area (Å²) >= 11 is 5.85. The molecule has 0 spiro atoms. The summed E-state index contributed by atoms with van der Waals surface area (Å²) in [6.45, 7) is -0.625. The van der Waals surface area contributed by atoms with Gasteiger partial charge < -0.3 is 5.32 Å². The van der Waals surface area contributed by atoms with Gasteiger partial charge in [-0.25, -0.2) is 14.4 Å². The van der Waals surface area contributed by atoms with Crippen LogP contribution >= 0.6 is 11.6 Å². The molecule has 104 valence electrons. The fourth-order valence-corrected chi connectivity index (χ4v) is 2.49. The predicted octanol–water partition coefficient (Wildman–Crippen LogP) is 3.36. The first-order chi connectivity index (χ1) is 9.63. The Hall–Kier alpha value is -1.75. The number of aromatic nitrogens is 2. The van der Waals surface area contributed by atoms with Crippen LogP contribution in [-0.2, 0) is 4.79 Å². The number of fused-ring (bicyclic) bond motifs is 1. The topological polar surface area (TPSA) is 54.9 Å². The van der Waals surface area contributed by atoms with Gasteiger partial charge in [0.15, 0.2) is 5.65 Å². The Kier molecular flexibility index (Phi) is 3.30. The number of hydrogen-bond donors (Lipinski definition) is 1. The maximum atomic E-state index is 13.0. The standard InChI is InChI=1S/C14H13ClFN3O/c15-10-6-9-2-3-11(18-12(9)17-7-10)19-13(20)14(8-16)4-1-5-14/h2-3,6-7H,1,4-5,8H2,(H,17,18,19,20). The van der Waals surface area contributed by atoms with Crippen LogP contribution in [0.1, 0.15) is 19.3 Å². The van der Waals surface area contributed by atoms with Crippen LogP contribution < -0.4 is 5.32 Å². The molecule has 0 aliphatic heterocycles. The molecule has 0 unspecified atom stereocenters. The van der Waals surface area contributed by atoms with E-state index in [4.69, 9.17) is 11.6 Å². The number of amides is 1. The summed E-state index contributed by atoms with van der Waals surface area (Å²) in [5, 5.41) is 4.00. The SMILES string of the molecule is O=C(Nc1ccc2cc(Cl)cnc2n1)C1(CF)CCC1. The number of hydrogen-bond acceptors (Lipinski definition) is 3. The summed E-state index contributed by atoms with van der Waals surface area (Å²) < 4.78 is 13.0. The monoisotopic (exact) mass is 293 g/mol. The van der Waals surface area contributed by atoms with Crippen LogP contribution in [0.3, 0.4) is 0 Å². The molecule has 1 aliphatic rings. The number of carbonyl (C=O) groups is 1. The molecular weight excluding hydrogens is 281 g/mol. The Morgan fingerprint density at radius 2 is 2.25 bits per heavy atom. The van der Waals surface area contributed by atoms with Crippen molar-refractivity contribution in [3.05, 3.63) is 29.4 Å². The van der Waals surface area contributed by atoms with Crippen molar-refractivity contribution in [3.63, 3.8) is 0 Å². The number of nitrogens with zero attached hydrogens (tertiary/aromatic N) is 2. The maximum Gasteiger partial charge on any atom is 0.234 e. The van der Waals surface area contributed by atoms with Crippen molar-refractivity contribution in [2.75, 3.05) is 12.0 Å². The minimum absolute atomic E-state index is 0.299. The zero-order chi connectivity index (χ0) is 14.2. The number of nitrogens with one attached hydrogen (secondary N) is 1. The van der Waals surface area contributed by atoms with E-state index in [0.29, 0.717) is 29.3 Å². The summed E-state index contributed by atoms with van der Waals surface area (Å²) in [6, 6.07) is 5.19. The minimum atomic E-state index is -0.857. The lowest BCUT2D eigenvalue weighted by atomic mass is 9.69. The summed E-state index contributed by atoms with van der Waals surface area (Å²) in [4.78, 5) is 20.4. The lowest BCUT2D eigenvalue weighted by Gasteiger charge is -2.37. The first kappa shape index (κ1) is 13.2. The highest BCUT2D eigenvalue weighted by atomic mass is 35.5. The smallest absolute Gasteiger partial charge is 0.234 e. The van der Waals surface area contributed by atoms with Crippen LogP contribution in [0.5, 0.6) is 0 Å². The third kappa shape index (κ3) is 2.22. The van der Waals surface area contributed by atoms with Crippen molar-refractivity contribution >= 4 is 34.4 Å². The van der Waals surface area contributed by atoms with Crippen molar-refractivity contribution in [2.24, 2.45) is 5.41 Å². The van der Waals surface area contributed by atoms with Crippen molar-refractivity contribution < 1.29 is 9.18 Å². The summed E-state index contributed by atoms with van der Waals surface area (Å²) in [5.74, 6) is 0.0871. The van der Waals surface area contributed by atoms with Gasteiger partial charge in [-0.3, -0.25) is 4.79 Å².